The predicted octanol–water partition coefficient (Wildman–Crippen LogP) is 2.57. The van der Waals surface area contributed by atoms with Crippen LogP contribution in [0.3, 0.4) is 0 Å². The second-order valence-corrected chi connectivity index (χ2v) is 4.43. The number of rotatable bonds is 1. The Morgan fingerprint density at radius 3 is 3.17 bits per heavy atom. The van der Waals surface area contributed by atoms with E-state index in [1.165, 1.54) is 21.5 Å². The topological polar surface area (TPSA) is 38.9 Å². The molecule has 12 heavy (non-hydrogen) atoms. The van der Waals surface area contributed by atoms with Gasteiger partial charge in [-0.2, -0.15) is 0 Å². The molecular weight excluding hydrogens is 188 g/mol. The molecule has 0 amide bonds. The Kier molecular flexibility index (Phi) is 2.04. The summed E-state index contributed by atoms with van der Waals surface area (Å²) in [5.41, 5.74) is 1.05. The Labute approximate surface area is 78.9 Å². The molecule has 0 atom stereocenters. The van der Waals surface area contributed by atoms with Gasteiger partial charge in [0.15, 0.2) is 0 Å². The molecule has 0 radical (unpaired) electrons. The van der Waals surface area contributed by atoms with Crippen molar-refractivity contribution in [2.75, 3.05) is 0 Å². The van der Waals surface area contributed by atoms with Crippen LogP contribution in [-0.4, -0.2) is 4.98 Å². The summed E-state index contributed by atoms with van der Waals surface area (Å²) >= 11 is 3.02. The van der Waals surface area contributed by atoms with Crippen LogP contribution in [0.2, 0.25) is 0 Å². The molecule has 2 N–H and O–H groups in total. The monoisotopic (exact) mass is 196 g/mol. The number of nitrogens with zero attached hydrogens (tertiary/aromatic N) is 1. The first kappa shape index (κ1) is 8.04. The van der Waals surface area contributed by atoms with E-state index in [4.69, 9.17) is 5.14 Å². The van der Waals surface area contributed by atoms with Crippen LogP contribution in [0.25, 0.3) is 10.2 Å². The summed E-state index contributed by atoms with van der Waals surface area (Å²) < 4.78 is 1.20. The SMILES string of the molecule is Cc1cc2nccc(SN)c2s1. The molecule has 0 aromatic carbocycles. The van der Waals surface area contributed by atoms with Gasteiger partial charge in [0.2, 0.25) is 0 Å². The number of pyridine rings is 1. The van der Waals surface area contributed by atoms with Gasteiger partial charge < -0.3 is 0 Å². The number of nitrogens with two attached hydrogens (primary N) is 1. The van der Waals surface area contributed by atoms with E-state index in [0.29, 0.717) is 0 Å². The second kappa shape index (κ2) is 3.05. The lowest BCUT2D eigenvalue weighted by atomic mass is 10.4. The van der Waals surface area contributed by atoms with Crippen molar-refractivity contribution in [1.29, 1.82) is 0 Å². The average Bonchev–Trinajstić information content (AvgIpc) is 2.44. The standard InChI is InChI=1S/C8H8N2S2/c1-5-4-6-8(11-5)7(12-9)2-3-10-6/h2-4H,9H2,1H3. The molecule has 2 rings (SSSR count). The number of hydrogen-bond acceptors (Lipinski definition) is 4. The van der Waals surface area contributed by atoms with Crippen molar-refractivity contribution in [1.82, 2.24) is 4.98 Å². The summed E-state index contributed by atoms with van der Waals surface area (Å²) in [5, 5.41) is 5.52. The van der Waals surface area contributed by atoms with Crippen LogP contribution in [0.5, 0.6) is 0 Å². The van der Waals surface area contributed by atoms with Gasteiger partial charge in [0.05, 0.1) is 10.2 Å². The van der Waals surface area contributed by atoms with Crippen molar-refractivity contribution in [3.63, 3.8) is 0 Å². The highest BCUT2D eigenvalue weighted by molar-refractivity contribution is 7.97. The summed E-state index contributed by atoms with van der Waals surface area (Å²) in [7, 11) is 0. The molecule has 0 fully saturated rings. The summed E-state index contributed by atoms with van der Waals surface area (Å²) in [5.74, 6) is 0. The van der Waals surface area contributed by atoms with Crippen molar-refractivity contribution >= 4 is 33.5 Å². The van der Waals surface area contributed by atoms with Crippen LogP contribution in [-0.2, 0) is 0 Å². The molecular formula is C8H8N2S2. The van der Waals surface area contributed by atoms with Crippen molar-refractivity contribution in [3.05, 3.63) is 23.2 Å². The smallest absolute Gasteiger partial charge is 0.0824 e. The number of aryl methyl sites for hydroxylation is 1. The fourth-order valence-electron chi connectivity index (χ4n) is 1.13. The normalized spacial score (nSPS) is 10.8. The van der Waals surface area contributed by atoms with E-state index < -0.39 is 0 Å². The van der Waals surface area contributed by atoms with E-state index >= 15 is 0 Å². The molecule has 0 aliphatic rings. The third-order valence-corrected chi connectivity index (χ3v) is 3.42. The first-order chi connectivity index (χ1) is 5.81. The van der Waals surface area contributed by atoms with Gasteiger partial charge in [-0.05, 0) is 31.0 Å². The second-order valence-electron chi connectivity index (χ2n) is 2.50. The summed E-state index contributed by atoms with van der Waals surface area (Å²) in [6, 6.07) is 4.03. The highest BCUT2D eigenvalue weighted by Crippen LogP contribution is 2.30. The quantitative estimate of drug-likeness (QED) is 0.712. The zero-order chi connectivity index (χ0) is 8.55. The minimum atomic E-state index is 1.05. The Bertz CT molecular complexity index is 408. The van der Waals surface area contributed by atoms with Crippen molar-refractivity contribution in [3.8, 4) is 0 Å². The average molecular weight is 196 g/mol. The van der Waals surface area contributed by atoms with Crippen LogP contribution in [0.4, 0.5) is 0 Å². The lowest BCUT2D eigenvalue weighted by Crippen LogP contribution is -1.80. The summed E-state index contributed by atoms with van der Waals surface area (Å²) in [6.07, 6.45) is 1.80. The van der Waals surface area contributed by atoms with Crippen molar-refractivity contribution < 1.29 is 0 Å². The van der Waals surface area contributed by atoms with Crippen LogP contribution < -0.4 is 5.14 Å². The first-order valence-electron chi connectivity index (χ1n) is 3.53. The molecule has 0 aliphatic carbocycles. The van der Waals surface area contributed by atoms with Crippen LogP contribution in [0.1, 0.15) is 4.88 Å². The van der Waals surface area contributed by atoms with Crippen LogP contribution in [0.15, 0.2) is 23.2 Å². The molecule has 2 aromatic rings. The Hall–Kier alpha value is -0.580. The number of thiophene rings is 1. The molecule has 62 valence electrons. The number of hydrogen-bond donors (Lipinski definition) is 1. The molecule has 0 saturated carbocycles. The number of aromatic nitrogens is 1. The van der Waals surface area contributed by atoms with E-state index in [1.807, 2.05) is 6.07 Å². The van der Waals surface area contributed by atoms with Gasteiger partial charge in [-0.1, -0.05) is 0 Å². The molecule has 0 aliphatic heterocycles. The lowest BCUT2D eigenvalue weighted by Gasteiger charge is -1.94. The lowest BCUT2D eigenvalue weighted by molar-refractivity contribution is 1.37. The highest BCUT2D eigenvalue weighted by atomic mass is 32.2. The molecule has 0 unspecified atom stereocenters. The van der Waals surface area contributed by atoms with Gasteiger partial charge in [0, 0.05) is 16.0 Å². The largest absolute Gasteiger partial charge is 0.274 e. The van der Waals surface area contributed by atoms with Crippen LogP contribution >= 0.6 is 23.3 Å². The Morgan fingerprint density at radius 2 is 2.42 bits per heavy atom. The molecule has 2 nitrogen and oxygen atoms in total. The Morgan fingerprint density at radius 1 is 1.58 bits per heavy atom. The summed E-state index contributed by atoms with van der Waals surface area (Å²) in [4.78, 5) is 6.64. The van der Waals surface area contributed by atoms with Gasteiger partial charge >= 0.3 is 0 Å². The molecule has 2 heterocycles. The van der Waals surface area contributed by atoms with E-state index in [-0.39, 0.29) is 0 Å². The number of fused-ring (bicyclic) bond motifs is 1. The fourth-order valence-corrected chi connectivity index (χ4v) is 2.62. The van der Waals surface area contributed by atoms with E-state index in [9.17, 15) is 0 Å². The van der Waals surface area contributed by atoms with E-state index in [1.54, 1.807) is 17.5 Å². The molecule has 4 heteroatoms. The molecule has 0 bridgehead atoms. The molecule has 0 saturated heterocycles. The third-order valence-electron chi connectivity index (χ3n) is 1.63. The van der Waals surface area contributed by atoms with E-state index in [0.717, 1.165) is 10.4 Å². The Balaban J connectivity index is 2.78. The van der Waals surface area contributed by atoms with Gasteiger partial charge in [-0.3, -0.25) is 10.1 Å². The zero-order valence-corrected chi connectivity index (χ0v) is 8.21. The minimum Gasteiger partial charge on any atom is -0.274 e. The maximum absolute atomic E-state index is 5.52. The van der Waals surface area contributed by atoms with Gasteiger partial charge in [-0.25, -0.2) is 0 Å². The minimum absolute atomic E-state index is 1.05. The van der Waals surface area contributed by atoms with Gasteiger partial charge in [-0.15, -0.1) is 11.3 Å². The van der Waals surface area contributed by atoms with Crippen LogP contribution in [0, 0.1) is 6.92 Å². The molecule has 0 spiro atoms. The highest BCUT2D eigenvalue weighted by Gasteiger charge is 2.03. The van der Waals surface area contributed by atoms with Gasteiger partial charge in [0.25, 0.3) is 0 Å². The zero-order valence-electron chi connectivity index (χ0n) is 6.57. The molecule has 2 aromatic heterocycles. The fraction of sp³-hybridized carbons (Fsp3) is 0.125. The van der Waals surface area contributed by atoms with Crippen molar-refractivity contribution in [2.45, 2.75) is 11.8 Å². The third kappa shape index (κ3) is 1.22. The first-order valence-corrected chi connectivity index (χ1v) is 5.23. The van der Waals surface area contributed by atoms with Gasteiger partial charge in [0.1, 0.15) is 0 Å². The maximum atomic E-state index is 5.52. The maximum Gasteiger partial charge on any atom is 0.0824 e. The van der Waals surface area contributed by atoms with Crippen molar-refractivity contribution in [2.24, 2.45) is 5.14 Å². The predicted molar refractivity (Wildman–Crippen MR) is 54.4 cm³/mol. The van der Waals surface area contributed by atoms with E-state index in [2.05, 4.69) is 18.0 Å². The summed E-state index contributed by atoms with van der Waals surface area (Å²) in [6.45, 7) is 2.08.